The van der Waals surface area contributed by atoms with E-state index in [0.717, 1.165) is 24.2 Å². The average Bonchev–Trinajstić information content (AvgIpc) is 3.48. The van der Waals surface area contributed by atoms with Gasteiger partial charge in [-0.3, -0.25) is 9.59 Å². The molecule has 0 radical (unpaired) electrons. The highest BCUT2D eigenvalue weighted by Gasteiger charge is 2.53. The summed E-state index contributed by atoms with van der Waals surface area (Å²) in [4.78, 5) is 29.7. The van der Waals surface area contributed by atoms with Crippen LogP contribution in [-0.2, 0) is 4.79 Å². The number of carbonyl (C=O) groups excluding carboxylic acids is 2. The Morgan fingerprint density at radius 2 is 2.09 bits per heavy atom. The standard InChI is InChI=1S/C24H24ClN5O2/c1-14(27-12-23(31)30-17(11-26)8-15-9-22(15)30)13-29-21-5-3-2-4-20(21)28-19-7-6-16(25)10-18(19)24(29)32/h2-7,10,14-15,17,22,27-28H,8-9,12-13H2,1H3/t14-,15+,17?,22-/m0/s1. The van der Waals surface area contributed by atoms with Gasteiger partial charge in [-0.1, -0.05) is 23.7 Å². The van der Waals surface area contributed by atoms with E-state index in [1.807, 2.05) is 37.3 Å². The van der Waals surface area contributed by atoms with Gasteiger partial charge in [0.1, 0.15) is 6.04 Å². The van der Waals surface area contributed by atoms with E-state index in [4.69, 9.17) is 11.6 Å². The molecule has 7 nitrogen and oxygen atoms in total. The second-order valence-electron chi connectivity index (χ2n) is 8.77. The normalized spacial score (nSPS) is 23.9. The van der Waals surface area contributed by atoms with Gasteiger partial charge in [-0.2, -0.15) is 5.26 Å². The summed E-state index contributed by atoms with van der Waals surface area (Å²) in [6.45, 7) is 2.48. The van der Waals surface area contributed by atoms with E-state index in [2.05, 4.69) is 16.7 Å². The molecule has 8 heteroatoms. The van der Waals surface area contributed by atoms with E-state index in [0.29, 0.717) is 28.7 Å². The average molecular weight is 450 g/mol. The Labute approximate surface area is 191 Å². The lowest BCUT2D eigenvalue weighted by Crippen LogP contribution is -2.48. The number of rotatable bonds is 5. The Balaban J connectivity index is 1.32. The first-order valence-electron chi connectivity index (χ1n) is 10.9. The largest absolute Gasteiger partial charge is 0.353 e. The number of hydrogen-bond acceptors (Lipinski definition) is 5. The molecule has 2 fully saturated rings. The molecular formula is C24H24ClN5O2. The Kier molecular flexibility index (Phi) is 5.28. The Morgan fingerprint density at radius 1 is 1.28 bits per heavy atom. The predicted molar refractivity (Wildman–Crippen MR) is 123 cm³/mol. The molecule has 2 heterocycles. The third kappa shape index (κ3) is 3.70. The summed E-state index contributed by atoms with van der Waals surface area (Å²) < 4.78 is 0. The zero-order valence-corrected chi connectivity index (χ0v) is 18.5. The molecule has 2 N–H and O–H groups in total. The minimum absolute atomic E-state index is 0.0465. The van der Waals surface area contributed by atoms with E-state index in [1.165, 1.54) is 0 Å². The first-order chi connectivity index (χ1) is 15.5. The lowest BCUT2D eigenvalue weighted by Gasteiger charge is -2.28. The molecular weight excluding hydrogens is 426 g/mol. The van der Waals surface area contributed by atoms with Crippen molar-refractivity contribution < 1.29 is 9.59 Å². The first-order valence-corrected chi connectivity index (χ1v) is 11.3. The van der Waals surface area contributed by atoms with Gasteiger partial charge >= 0.3 is 0 Å². The van der Waals surface area contributed by atoms with Crippen LogP contribution in [-0.4, -0.2) is 47.9 Å². The summed E-state index contributed by atoms with van der Waals surface area (Å²) in [5, 5.41) is 16.4. The van der Waals surface area contributed by atoms with Crippen LogP contribution in [0.3, 0.4) is 0 Å². The minimum Gasteiger partial charge on any atom is -0.353 e. The summed E-state index contributed by atoms with van der Waals surface area (Å²) in [7, 11) is 0. The molecule has 0 bridgehead atoms. The predicted octanol–water partition coefficient (Wildman–Crippen LogP) is 3.53. The minimum atomic E-state index is -0.310. The number of hydrogen-bond donors (Lipinski definition) is 2. The van der Waals surface area contributed by atoms with Crippen LogP contribution in [0.25, 0.3) is 0 Å². The number of likely N-dealkylation sites (tertiary alicyclic amines) is 1. The van der Waals surface area contributed by atoms with E-state index >= 15 is 0 Å². The quantitative estimate of drug-likeness (QED) is 0.728. The van der Waals surface area contributed by atoms with Gasteiger partial charge in [0.05, 0.1) is 35.2 Å². The zero-order chi connectivity index (χ0) is 22.4. The van der Waals surface area contributed by atoms with Crippen LogP contribution in [0.1, 0.15) is 30.1 Å². The van der Waals surface area contributed by atoms with E-state index in [9.17, 15) is 14.9 Å². The topological polar surface area (TPSA) is 88.5 Å². The van der Waals surface area contributed by atoms with Gasteiger partial charge in [-0.05, 0) is 56.0 Å². The van der Waals surface area contributed by atoms with Crippen LogP contribution in [0, 0.1) is 17.2 Å². The van der Waals surface area contributed by atoms with Crippen molar-refractivity contribution in [2.75, 3.05) is 23.3 Å². The molecule has 1 unspecified atom stereocenters. The van der Waals surface area contributed by atoms with Crippen molar-refractivity contribution in [3.63, 3.8) is 0 Å². The number of carbonyl (C=O) groups is 2. The maximum Gasteiger partial charge on any atom is 0.260 e. The molecule has 1 saturated carbocycles. The molecule has 2 amide bonds. The van der Waals surface area contributed by atoms with Crippen molar-refractivity contribution in [1.82, 2.24) is 10.2 Å². The number of nitriles is 1. The van der Waals surface area contributed by atoms with Crippen molar-refractivity contribution in [1.29, 1.82) is 5.26 Å². The van der Waals surface area contributed by atoms with Crippen LogP contribution in [0.2, 0.25) is 5.02 Å². The number of anilines is 3. The summed E-state index contributed by atoms with van der Waals surface area (Å²) in [5.74, 6) is 0.297. The maximum absolute atomic E-state index is 13.5. The van der Waals surface area contributed by atoms with Gasteiger partial charge in [0, 0.05) is 23.7 Å². The fraction of sp³-hybridized carbons (Fsp3) is 0.375. The Bertz CT molecular complexity index is 1130. The molecule has 3 aliphatic rings. The summed E-state index contributed by atoms with van der Waals surface area (Å²) in [6, 6.07) is 14.9. The Hall–Kier alpha value is -3.08. The highest BCUT2D eigenvalue weighted by atomic mass is 35.5. The fourth-order valence-electron chi connectivity index (χ4n) is 4.82. The van der Waals surface area contributed by atoms with Crippen molar-refractivity contribution in [2.45, 2.75) is 37.9 Å². The first kappa shape index (κ1) is 20.8. The number of piperidine rings is 1. The maximum atomic E-state index is 13.5. The number of nitrogens with zero attached hydrogens (tertiary/aromatic N) is 3. The molecule has 32 heavy (non-hydrogen) atoms. The lowest BCUT2D eigenvalue weighted by atomic mass is 10.1. The van der Waals surface area contributed by atoms with Crippen LogP contribution in [0.15, 0.2) is 42.5 Å². The molecule has 0 spiro atoms. The molecule has 2 aliphatic heterocycles. The zero-order valence-electron chi connectivity index (χ0n) is 17.7. The van der Waals surface area contributed by atoms with Gasteiger partial charge in [0.15, 0.2) is 0 Å². The van der Waals surface area contributed by atoms with Gasteiger partial charge < -0.3 is 20.4 Å². The highest BCUT2D eigenvalue weighted by Crippen LogP contribution is 2.47. The van der Waals surface area contributed by atoms with Crippen LogP contribution < -0.4 is 15.5 Å². The Morgan fingerprint density at radius 3 is 2.91 bits per heavy atom. The SMILES string of the molecule is C[C@@H](CN1C(=O)c2cc(Cl)ccc2Nc2ccccc21)NCC(=O)N1C(C#N)C[C@@H]2C[C@@H]21. The third-order valence-electron chi connectivity index (χ3n) is 6.52. The summed E-state index contributed by atoms with van der Waals surface area (Å²) in [6.07, 6.45) is 1.80. The lowest BCUT2D eigenvalue weighted by molar-refractivity contribution is -0.131. The van der Waals surface area contributed by atoms with Crippen molar-refractivity contribution in [3.05, 3.63) is 53.1 Å². The summed E-state index contributed by atoms with van der Waals surface area (Å²) >= 11 is 6.17. The smallest absolute Gasteiger partial charge is 0.260 e. The number of nitrogens with one attached hydrogen (secondary N) is 2. The van der Waals surface area contributed by atoms with Crippen LogP contribution >= 0.6 is 11.6 Å². The second-order valence-corrected chi connectivity index (χ2v) is 9.21. The molecule has 164 valence electrons. The highest BCUT2D eigenvalue weighted by molar-refractivity contribution is 6.31. The molecule has 2 aromatic rings. The molecule has 1 aliphatic carbocycles. The van der Waals surface area contributed by atoms with E-state index < -0.39 is 0 Å². The number of amides is 2. The number of para-hydroxylation sites is 2. The van der Waals surface area contributed by atoms with E-state index in [-0.39, 0.29) is 36.5 Å². The van der Waals surface area contributed by atoms with Crippen molar-refractivity contribution in [2.24, 2.45) is 5.92 Å². The molecule has 1 saturated heterocycles. The summed E-state index contributed by atoms with van der Waals surface area (Å²) in [5.41, 5.74) is 2.82. The van der Waals surface area contributed by atoms with Gasteiger partial charge in [-0.15, -0.1) is 0 Å². The van der Waals surface area contributed by atoms with Crippen LogP contribution in [0.4, 0.5) is 17.1 Å². The number of fused-ring (bicyclic) bond motifs is 3. The van der Waals surface area contributed by atoms with Gasteiger partial charge in [0.25, 0.3) is 5.91 Å². The molecule has 4 atom stereocenters. The van der Waals surface area contributed by atoms with Crippen molar-refractivity contribution in [3.8, 4) is 6.07 Å². The van der Waals surface area contributed by atoms with Crippen molar-refractivity contribution >= 4 is 40.5 Å². The van der Waals surface area contributed by atoms with E-state index in [1.54, 1.807) is 21.9 Å². The molecule has 0 aromatic heterocycles. The van der Waals surface area contributed by atoms with Gasteiger partial charge in [-0.25, -0.2) is 0 Å². The fourth-order valence-corrected chi connectivity index (χ4v) is 4.99. The molecule has 5 rings (SSSR count). The molecule has 2 aromatic carbocycles. The number of halogens is 1. The van der Waals surface area contributed by atoms with Gasteiger partial charge in [0.2, 0.25) is 5.91 Å². The third-order valence-corrected chi connectivity index (χ3v) is 6.76. The monoisotopic (exact) mass is 449 g/mol. The number of benzene rings is 2. The van der Waals surface area contributed by atoms with Crippen LogP contribution in [0.5, 0.6) is 0 Å². The second kappa shape index (κ2) is 8.12.